The molecule has 0 aliphatic heterocycles. The highest BCUT2D eigenvalue weighted by Crippen LogP contribution is 2.17. The molecule has 0 amide bonds. The van der Waals surface area contributed by atoms with Gasteiger partial charge in [0.1, 0.15) is 12.4 Å². The molecule has 0 N–H and O–H groups in total. The van der Waals surface area contributed by atoms with Crippen molar-refractivity contribution in [3.05, 3.63) is 35.7 Å². The summed E-state index contributed by atoms with van der Waals surface area (Å²) in [5.74, 6) is 0.833. The van der Waals surface area contributed by atoms with Crippen LogP contribution in [-0.2, 0) is 0 Å². The average Bonchev–Trinajstić information content (AvgIpc) is 2.35. The van der Waals surface area contributed by atoms with Gasteiger partial charge < -0.3 is 9.64 Å². The van der Waals surface area contributed by atoms with Crippen molar-refractivity contribution >= 4 is 5.69 Å². The summed E-state index contributed by atoms with van der Waals surface area (Å²) in [6, 6.07) is 7.24. The molecular weight excluding hydrogens is 200 g/mol. The summed E-state index contributed by atoms with van der Waals surface area (Å²) in [7, 11) is 0. The first-order valence-electron chi connectivity index (χ1n) is 5.62. The minimum absolute atomic E-state index is 0.649. The van der Waals surface area contributed by atoms with E-state index in [1.165, 1.54) is 0 Å². The third-order valence-electron chi connectivity index (χ3n) is 2.54. The van der Waals surface area contributed by atoms with E-state index >= 15 is 0 Å². The summed E-state index contributed by atoms with van der Waals surface area (Å²) in [4.78, 5) is 5.65. The average molecular weight is 218 g/mol. The van der Waals surface area contributed by atoms with Gasteiger partial charge in [0.2, 0.25) is 0 Å². The van der Waals surface area contributed by atoms with E-state index in [2.05, 4.69) is 23.6 Å². The predicted molar refractivity (Wildman–Crippen MR) is 66.0 cm³/mol. The Morgan fingerprint density at radius 1 is 1.19 bits per heavy atom. The maximum Gasteiger partial charge on any atom is 0.187 e. The van der Waals surface area contributed by atoms with Gasteiger partial charge in [-0.3, -0.25) is 0 Å². The van der Waals surface area contributed by atoms with Gasteiger partial charge in [-0.25, -0.2) is 4.85 Å². The molecule has 0 spiro atoms. The quantitative estimate of drug-likeness (QED) is 0.683. The van der Waals surface area contributed by atoms with Gasteiger partial charge in [0.25, 0.3) is 0 Å². The molecule has 0 bridgehead atoms. The minimum atomic E-state index is 0.649. The highest BCUT2D eigenvalue weighted by molar-refractivity contribution is 5.46. The standard InChI is InChI=1S/C13H18N2O/c1-4-15(5-2)10-11-16-13-8-6-12(14-3)7-9-13/h6-9H,4-5,10-11H2,1-2H3. The van der Waals surface area contributed by atoms with Gasteiger partial charge >= 0.3 is 0 Å². The van der Waals surface area contributed by atoms with Crippen molar-refractivity contribution in [1.82, 2.24) is 4.90 Å². The molecule has 86 valence electrons. The number of rotatable bonds is 6. The topological polar surface area (TPSA) is 16.8 Å². The third kappa shape index (κ3) is 3.92. The Bertz CT molecular complexity index is 336. The van der Waals surface area contributed by atoms with Crippen LogP contribution in [0.5, 0.6) is 5.75 Å². The Morgan fingerprint density at radius 3 is 2.31 bits per heavy atom. The lowest BCUT2D eigenvalue weighted by Gasteiger charge is -2.17. The van der Waals surface area contributed by atoms with Crippen LogP contribution in [0.2, 0.25) is 0 Å². The van der Waals surface area contributed by atoms with E-state index in [4.69, 9.17) is 11.3 Å². The highest BCUT2D eigenvalue weighted by Gasteiger charge is 1.99. The van der Waals surface area contributed by atoms with Crippen molar-refractivity contribution < 1.29 is 4.74 Å². The van der Waals surface area contributed by atoms with Crippen LogP contribution in [0.4, 0.5) is 5.69 Å². The van der Waals surface area contributed by atoms with Crippen LogP contribution in [0.25, 0.3) is 4.85 Å². The Hall–Kier alpha value is -1.53. The molecule has 0 unspecified atom stereocenters. The van der Waals surface area contributed by atoms with Crippen LogP contribution in [-0.4, -0.2) is 31.1 Å². The van der Waals surface area contributed by atoms with Crippen LogP contribution in [0.3, 0.4) is 0 Å². The predicted octanol–water partition coefficient (Wildman–Crippen LogP) is 2.96. The molecular formula is C13H18N2O. The van der Waals surface area contributed by atoms with E-state index in [-0.39, 0.29) is 0 Å². The molecule has 16 heavy (non-hydrogen) atoms. The van der Waals surface area contributed by atoms with Crippen molar-refractivity contribution in [1.29, 1.82) is 0 Å². The number of nitrogens with zero attached hydrogens (tertiary/aromatic N) is 2. The Kier molecular flexibility index (Phi) is 5.38. The number of likely N-dealkylation sites (N-methyl/N-ethyl adjacent to an activating group) is 1. The fourth-order valence-corrected chi connectivity index (χ4v) is 1.45. The van der Waals surface area contributed by atoms with Crippen molar-refractivity contribution in [2.24, 2.45) is 0 Å². The minimum Gasteiger partial charge on any atom is -0.492 e. The molecule has 0 heterocycles. The van der Waals surface area contributed by atoms with Gasteiger partial charge in [-0.15, -0.1) is 0 Å². The largest absolute Gasteiger partial charge is 0.492 e. The summed E-state index contributed by atoms with van der Waals surface area (Å²) >= 11 is 0. The molecule has 3 heteroatoms. The van der Waals surface area contributed by atoms with E-state index in [0.29, 0.717) is 12.3 Å². The maximum absolute atomic E-state index is 6.84. The zero-order chi connectivity index (χ0) is 11.8. The van der Waals surface area contributed by atoms with Crippen molar-refractivity contribution in [3.8, 4) is 5.75 Å². The van der Waals surface area contributed by atoms with E-state index < -0.39 is 0 Å². The maximum atomic E-state index is 6.84. The first-order chi connectivity index (χ1) is 7.80. The number of ether oxygens (including phenoxy) is 1. The molecule has 1 aromatic carbocycles. The number of hydrogen-bond acceptors (Lipinski definition) is 2. The van der Waals surface area contributed by atoms with Crippen molar-refractivity contribution in [2.75, 3.05) is 26.2 Å². The van der Waals surface area contributed by atoms with E-state index in [1.54, 1.807) is 12.1 Å². The van der Waals surface area contributed by atoms with Crippen LogP contribution in [0, 0.1) is 6.57 Å². The van der Waals surface area contributed by atoms with Gasteiger partial charge in [-0.2, -0.15) is 0 Å². The number of hydrogen-bond donors (Lipinski definition) is 0. The Labute approximate surface area is 97.5 Å². The summed E-state index contributed by atoms with van der Waals surface area (Å²) in [5, 5.41) is 0. The molecule has 0 aliphatic carbocycles. The molecule has 1 rings (SSSR count). The molecule has 1 aromatic rings. The summed E-state index contributed by atoms with van der Waals surface area (Å²) in [5.41, 5.74) is 0.649. The fraction of sp³-hybridized carbons (Fsp3) is 0.462. The van der Waals surface area contributed by atoms with Crippen LogP contribution >= 0.6 is 0 Å². The molecule has 0 radical (unpaired) electrons. The van der Waals surface area contributed by atoms with Crippen molar-refractivity contribution in [3.63, 3.8) is 0 Å². The first-order valence-corrected chi connectivity index (χ1v) is 5.62. The molecule has 0 fully saturated rings. The first kappa shape index (κ1) is 12.5. The summed E-state index contributed by atoms with van der Waals surface area (Å²) < 4.78 is 5.60. The molecule has 0 saturated heterocycles. The zero-order valence-electron chi connectivity index (χ0n) is 9.94. The van der Waals surface area contributed by atoms with Gasteiger partial charge in [0.15, 0.2) is 5.69 Å². The number of benzene rings is 1. The van der Waals surface area contributed by atoms with Crippen LogP contribution in [0.15, 0.2) is 24.3 Å². The van der Waals surface area contributed by atoms with Crippen LogP contribution < -0.4 is 4.74 Å². The lowest BCUT2D eigenvalue weighted by atomic mass is 10.3. The molecule has 3 nitrogen and oxygen atoms in total. The Morgan fingerprint density at radius 2 is 1.81 bits per heavy atom. The third-order valence-corrected chi connectivity index (χ3v) is 2.54. The smallest absolute Gasteiger partial charge is 0.187 e. The van der Waals surface area contributed by atoms with Gasteiger partial charge in [0, 0.05) is 6.54 Å². The molecule has 0 aromatic heterocycles. The fourth-order valence-electron chi connectivity index (χ4n) is 1.45. The SMILES string of the molecule is [C-]#[N+]c1ccc(OCCN(CC)CC)cc1. The van der Waals surface area contributed by atoms with Crippen molar-refractivity contribution in [2.45, 2.75) is 13.8 Å². The normalized spacial score (nSPS) is 10.1. The lowest BCUT2D eigenvalue weighted by Crippen LogP contribution is -2.27. The molecule has 0 atom stereocenters. The van der Waals surface area contributed by atoms with E-state index in [1.807, 2.05) is 12.1 Å². The highest BCUT2D eigenvalue weighted by atomic mass is 16.5. The lowest BCUT2D eigenvalue weighted by molar-refractivity contribution is 0.223. The van der Waals surface area contributed by atoms with E-state index in [0.717, 1.165) is 25.4 Å². The summed E-state index contributed by atoms with van der Waals surface area (Å²) in [6.07, 6.45) is 0. The van der Waals surface area contributed by atoms with E-state index in [9.17, 15) is 0 Å². The van der Waals surface area contributed by atoms with Gasteiger partial charge in [-0.1, -0.05) is 26.0 Å². The second-order valence-electron chi connectivity index (χ2n) is 3.48. The second-order valence-corrected chi connectivity index (χ2v) is 3.48. The Balaban J connectivity index is 2.34. The van der Waals surface area contributed by atoms with Gasteiger partial charge in [0.05, 0.1) is 6.57 Å². The van der Waals surface area contributed by atoms with Gasteiger partial charge in [-0.05, 0) is 25.2 Å². The summed E-state index contributed by atoms with van der Waals surface area (Å²) in [6.45, 7) is 14.9. The molecule has 0 aliphatic rings. The molecule has 0 saturated carbocycles. The van der Waals surface area contributed by atoms with Crippen LogP contribution in [0.1, 0.15) is 13.8 Å². The zero-order valence-corrected chi connectivity index (χ0v) is 9.94. The monoisotopic (exact) mass is 218 g/mol. The second kappa shape index (κ2) is 6.86.